The number of amides is 1. The van der Waals surface area contributed by atoms with Crippen molar-refractivity contribution in [3.63, 3.8) is 0 Å². The van der Waals surface area contributed by atoms with Gasteiger partial charge >= 0.3 is 0 Å². The summed E-state index contributed by atoms with van der Waals surface area (Å²) >= 11 is 0. The second kappa shape index (κ2) is 10.3. The lowest BCUT2D eigenvalue weighted by Crippen LogP contribution is -2.18. The zero-order valence-corrected chi connectivity index (χ0v) is 24.6. The molecule has 0 atom stereocenters. The maximum absolute atomic E-state index is 14.7. The fourth-order valence-corrected chi connectivity index (χ4v) is 6.46. The lowest BCUT2D eigenvalue weighted by atomic mass is 9.99. The Labute approximate surface area is 251 Å². The van der Waals surface area contributed by atoms with E-state index in [0.29, 0.717) is 46.3 Å². The summed E-state index contributed by atoms with van der Waals surface area (Å²) in [5, 5.41) is 3.56. The van der Waals surface area contributed by atoms with Crippen LogP contribution < -0.4 is 10.0 Å². The molecule has 6 aromatic rings. The van der Waals surface area contributed by atoms with E-state index in [1.54, 1.807) is 18.2 Å². The fraction of sp³-hybridized carbons (Fsp3) is 0.152. The van der Waals surface area contributed by atoms with Crippen molar-refractivity contribution in [2.75, 3.05) is 17.5 Å². The van der Waals surface area contributed by atoms with E-state index in [4.69, 9.17) is 9.40 Å². The molecule has 1 amide bonds. The van der Waals surface area contributed by atoms with Crippen molar-refractivity contribution in [1.29, 1.82) is 0 Å². The Balaban J connectivity index is 1.47. The molecule has 4 heterocycles. The van der Waals surface area contributed by atoms with E-state index in [-0.39, 0.29) is 34.2 Å². The standard InChI is InChI=1S/C33H26F2N4O4S/c1-3-44(41,42)38-26-17-29-23(30(33(40)36-2)32(43-29)19-7-10-20(34)11-8-19)15-22(26)25-12-9-18-13-14-39-27-6-4-5-24(35)21(27)16-28(39)31(18)37-25/h4-12,15-17,38H,3,13-14H2,1-2H3,(H,36,40). The van der Waals surface area contributed by atoms with Gasteiger partial charge in [0, 0.05) is 41.6 Å². The Bertz CT molecular complexity index is 2240. The molecule has 0 spiro atoms. The number of nitrogens with one attached hydrogen (secondary N) is 2. The molecule has 8 nitrogen and oxygen atoms in total. The molecule has 0 saturated heterocycles. The van der Waals surface area contributed by atoms with Crippen LogP contribution in [0.5, 0.6) is 0 Å². The van der Waals surface area contributed by atoms with Crippen LogP contribution in [-0.2, 0) is 23.0 Å². The average molecular weight is 613 g/mol. The fourth-order valence-electron chi connectivity index (χ4n) is 5.81. The summed E-state index contributed by atoms with van der Waals surface area (Å²) in [5.74, 6) is -1.14. The predicted octanol–water partition coefficient (Wildman–Crippen LogP) is 6.74. The van der Waals surface area contributed by atoms with Gasteiger partial charge in [0.25, 0.3) is 5.91 Å². The number of hydrogen-bond donors (Lipinski definition) is 2. The SMILES string of the molecule is CCS(=O)(=O)Nc1cc2oc(-c3ccc(F)cc3)c(C(=O)NC)c2cc1-c1ccc2c(n1)-c1cc3c(F)cccc3n1CC2. The van der Waals surface area contributed by atoms with Gasteiger partial charge in [0.1, 0.15) is 23.0 Å². The Morgan fingerprint density at radius 3 is 2.57 bits per heavy atom. The molecule has 3 aromatic carbocycles. The van der Waals surface area contributed by atoms with Crippen molar-refractivity contribution in [2.24, 2.45) is 0 Å². The van der Waals surface area contributed by atoms with Gasteiger partial charge in [0.2, 0.25) is 10.0 Å². The molecule has 7 rings (SSSR count). The first-order chi connectivity index (χ1) is 21.2. The van der Waals surface area contributed by atoms with Crippen molar-refractivity contribution in [1.82, 2.24) is 14.9 Å². The summed E-state index contributed by atoms with van der Waals surface area (Å²) in [6.07, 6.45) is 0.688. The lowest BCUT2D eigenvalue weighted by Gasteiger charge is -2.20. The van der Waals surface area contributed by atoms with E-state index in [1.807, 2.05) is 22.8 Å². The molecule has 0 radical (unpaired) electrons. The summed E-state index contributed by atoms with van der Waals surface area (Å²) in [5.41, 5.74) is 5.23. The van der Waals surface area contributed by atoms with Crippen LogP contribution >= 0.6 is 0 Å². The van der Waals surface area contributed by atoms with Gasteiger partial charge in [0.15, 0.2) is 0 Å². The number of carbonyl (C=O) groups excluding carboxylic acids is 1. The monoisotopic (exact) mass is 612 g/mol. The number of rotatable bonds is 6. The van der Waals surface area contributed by atoms with E-state index in [0.717, 1.165) is 16.8 Å². The van der Waals surface area contributed by atoms with Crippen LogP contribution in [0.4, 0.5) is 14.5 Å². The minimum absolute atomic E-state index is 0.170. The Hall–Kier alpha value is -5.03. The highest BCUT2D eigenvalue weighted by Gasteiger charge is 2.26. The van der Waals surface area contributed by atoms with Gasteiger partial charge in [-0.2, -0.15) is 0 Å². The topological polar surface area (TPSA) is 106 Å². The summed E-state index contributed by atoms with van der Waals surface area (Å²) < 4.78 is 64.8. The Kier molecular flexibility index (Phi) is 6.51. The molecule has 222 valence electrons. The second-order valence-corrected chi connectivity index (χ2v) is 12.6. The van der Waals surface area contributed by atoms with Gasteiger partial charge < -0.3 is 14.3 Å². The molecule has 11 heteroatoms. The van der Waals surface area contributed by atoms with E-state index in [1.165, 1.54) is 50.4 Å². The number of halogens is 2. The van der Waals surface area contributed by atoms with E-state index < -0.39 is 21.7 Å². The third kappa shape index (κ3) is 4.51. The van der Waals surface area contributed by atoms with Crippen LogP contribution in [-0.4, -0.2) is 36.7 Å². The number of sulfonamides is 1. The van der Waals surface area contributed by atoms with Crippen molar-refractivity contribution < 1.29 is 26.4 Å². The highest BCUT2D eigenvalue weighted by Crippen LogP contribution is 2.41. The Morgan fingerprint density at radius 1 is 1.02 bits per heavy atom. The van der Waals surface area contributed by atoms with Crippen LogP contribution in [0.15, 0.2) is 77.2 Å². The molecule has 2 N–H and O–H groups in total. The molecule has 1 aliphatic heterocycles. The predicted molar refractivity (Wildman–Crippen MR) is 166 cm³/mol. The molecular formula is C33H26F2N4O4S. The third-order valence-corrected chi connectivity index (χ3v) is 9.32. The van der Waals surface area contributed by atoms with Gasteiger partial charge in [-0.25, -0.2) is 22.2 Å². The second-order valence-electron chi connectivity index (χ2n) is 10.6. The van der Waals surface area contributed by atoms with Crippen LogP contribution in [0.25, 0.3) is 55.8 Å². The molecule has 0 saturated carbocycles. The van der Waals surface area contributed by atoms with Gasteiger partial charge in [-0.3, -0.25) is 9.52 Å². The smallest absolute Gasteiger partial charge is 0.255 e. The first-order valence-corrected chi connectivity index (χ1v) is 15.7. The highest BCUT2D eigenvalue weighted by molar-refractivity contribution is 7.92. The molecule has 0 fully saturated rings. The number of hydrogen-bond acceptors (Lipinski definition) is 5. The van der Waals surface area contributed by atoms with E-state index in [9.17, 15) is 22.0 Å². The minimum Gasteiger partial charge on any atom is -0.455 e. The van der Waals surface area contributed by atoms with Crippen molar-refractivity contribution in [3.8, 4) is 34.0 Å². The number of fused-ring (bicyclic) bond motifs is 6. The molecule has 1 aliphatic rings. The maximum atomic E-state index is 14.7. The number of benzene rings is 3. The highest BCUT2D eigenvalue weighted by atomic mass is 32.2. The van der Waals surface area contributed by atoms with Gasteiger partial charge in [-0.1, -0.05) is 12.1 Å². The zero-order valence-electron chi connectivity index (χ0n) is 23.7. The molecule has 44 heavy (non-hydrogen) atoms. The number of pyridine rings is 1. The van der Waals surface area contributed by atoms with Crippen LogP contribution in [0, 0.1) is 11.6 Å². The largest absolute Gasteiger partial charge is 0.455 e. The number of nitrogens with zero attached hydrogens (tertiary/aromatic N) is 2. The van der Waals surface area contributed by atoms with Crippen molar-refractivity contribution in [2.45, 2.75) is 19.9 Å². The minimum atomic E-state index is -3.73. The normalized spacial score (nSPS) is 12.7. The molecule has 0 aliphatic carbocycles. The van der Waals surface area contributed by atoms with Gasteiger partial charge in [-0.05, 0) is 73.5 Å². The van der Waals surface area contributed by atoms with Crippen LogP contribution in [0.1, 0.15) is 22.8 Å². The summed E-state index contributed by atoms with van der Waals surface area (Å²) in [4.78, 5) is 18.2. The van der Waals surface area contributed by atoms with Crippen molar-refractivity contribution >= 4 is 43.5 Å². The average Bonchev–Trinajstić information content (AvgIpc) is 3.60. The van der Waals surface area contributed by atoms with E-state index >= 15 is 0 Å². The van der Waals surface area contributed by atoms with Crippen LogP contribution in [0.3, 0.4) is 0 Å². The molecule has 0 unspecified atom stereocenters. The quantitative estimate of drug-likeness (QED) is 0.217. The van der Waals surface area contributed by atoms with E-state index in [2.05, 4.69) is 10.0 Å². The number of aromatic nitrogens is 2. The van der Waals surface area contributed by atoms with Gasteiger partial charge in [0.05, 0.1) is 39.6 Å². The first-order valence-electron chi connectivity index (χ1n) is 14.0. The molecule has 3 aromatic heterocycles. The summed E-state index contributed by atoms with van der Waals surface area (Å²) in [6.45, 7) is 2.19. The molecule has 0 bridgehead atoms. The number of carbonyl (C=O) groups is 1. The summed E-state index contributed by atoms with van der Waals surface area (Å²) in [6, 6.07) is 19.3. The lowest BCUT2D eigenvalue weighted by molar-refractivity contribution is 0.0964. The Morgan fingerprint density at radius 2 is 1.82 bits per heavy atom. The zero-order chi connectivity index (χ0) is 30.7. The number of aryl methyl sites for hydroxylation is 2. The van der Waals surface area contributed by atoms with Gasteiger partial charge in [-0.15, -0.1) is 0 Å². The number of furan rings is 1. The van der Waals surface area contributed by atoms with Crippen LogP contribution in [0.2, 0.25) is 0 Å². The third-order valence-electron chi connectivity index (χ3n) is 8.03. The first kappa shape index (κ1) is 27.8. The molecular weight excluding hydrogens is 586 g/mol. The maximum Gasteiger partial charge on any atom is 0.255 e. The van der Waals surface area contributed by atoms with Crippen molar-refractivity contribution in [3.05, 3.63) is 95.6 Å². The summed E-state index contributed by atoms with van der Waals surface area (Å²) in [7, 11) is -2.23. The number of anilines is 1.